The van der Waals surface area contributed by atoms with E-state index < -0.39 is 23.3 Å². The van der Waals surface area contributed by atoms with Crippen LogP contribution in [-0.2, 0) is 17.5 Å². The first-order chi connectivity index (χ1) is 12.8. The van der Waals surface area contributed by atoms with E-state index in [4.69, 9.17) is 9.15 Å². The number of ether oxygens (including phenoxy) is 1. The van der Waals surface area contributed by atoms with E-state index in [1.807, 2.05) is 30.3 Å². The molecule has 1 amide bonds. The maximum absolute atomic E-state index is 13.0. The van der Waals surface area contributed by atoms with Crippen LogP contribution in [0.1, 0.15) is 11.1 Å². The van der Waals surface area contributed by atoms with Crippen molar-refractivity contribution >= 4 is 16.9 Å². The molecule has 2 aromatic carbocycles. The Hall–Kier alpha value is -3.29. The van der Waals surface area contributed by atoms with Crippen molar-refractivity contribution < 1.29 is 27.1 Å². The van der Waals surface area contributed by atoms with Gasteiger partial charge in [0.05, 0.1) is 5.56 Å². The molecule has 0 fully saturated rings. The normalized spacial score (nSPS) is 11.4. The summed E-state index contributed by atoms with van der Waals surface area (Å²) in [6.07, 6.45) is -4.69. The molecule has 3 aromatic rings. The zero-order valence-electron chi connectivity index (χ0n) is 13.9. The molecule has 0 bridgehead atoms. The highest BCUT2D eigenvalue weighted by Gasteiger charge is 2.33. The second kappa shape index (κ2) is 7.53. The van der Waals surface area contributed by atoms with Gasteiger partial charge in [-0.25, -0.2) is 4.79 Å². The second-order valence-corrected chi connectivity index (χ2v) is 5.69. The highest BCUT2D eigenvalue weighted by atomic mass is 19.4. The van der Waals surface area contributed by atoms with Gasteiger partial charge in [-0.05, 0) is 17.7 Å². The number of rotatable bonds is 5. The van der Waals surface area contributed by atoms with Crippen LogP contribution in [0.15, 0.2) is 63.8 Å². The van der Waals surface area contributed by atoms with Crippen LogP contribution < -0.4 is 15.7 Å². The standard InChI is InChI=1S/C19H14F3NO4/c20-19(21,22)15-9-18(25)27-16-8-13(6-7-14(15)16)26-11-17(24)23-10-12-4-2-1-3-5-12/h1-9H,10-11H2,(H,23,24). The summed E-state index contributed by atoms with van der Waals surface area (Å²) in [4.78, 5) is 23.2. The lowest BCUT2D eigenvalue weighted by atomic mass is 10.1. The number of fused-ring (bicyclic) bond motifs is 1. The molecule has 0 spiro atoms. The molecular weight excluding hydrogens is 363 g/mol. The van der Waals surface area contributed by atoms with Crippen LogP contribution in [0, 0.1) is 0 Å². The van der Waals surface area contributed by atoms with Crippen molar-refractivity contribution in [3.8, 4) is 5.75 Å². The fraction of sp³-hybridized carbons (Fsp3) is 0.158. The molecule has 0 aliphatic heterocycles. The van der Waals surface area contributed by atoms with Crippen LogP contribution in [0.25, 0.3) is 11.0 Å². The highest BCUT2D eigenvalue weighted by molar-refractivity contribution is 5.82. The lowest BCUT2D eigenvalue weighted by Crippen LogP contribution is -2.28. The summed E-state index contributed by atoms with van der Waals surface area (Å²) in [7, 11) is 0. The molecule has 0 saturated carbocycles. The van der Waals surface area contributed by atoms with E-state index in [9.17, 15) is 22.8 Å². The smallest absolute Gasteiger partial charge is 0.417 e. The Morgan fingerprint density at radius 3 is 2.52 bits per heavy atom. The predicted molar refractivity (Wildman–Crippen MR) is 91.3 cm³/mol. The summed E-state index contributed by atoms with van der Waals surface area (Å²) >= 11 is 0. The molecule has 0 unspecified atom stereocenters. The maximum Gasteiger partial charge on any atom is 0.417 e. The SMILES string of the molecule is O=C(COc1ccc2c(C(F)(F)F)cc(=O)oc2c1)NCc1ccccc1. The third-order valence-electron chi connectivity index (χ3n) is 3.72. The number of benzene rings is 2. The van der Waals surface area contributed by atoms with E-state index in [0.29, 0.717) is 12.6 Å². The first-order valence-corrected chi connectivity index (χ1v) is 7.91. The molecule has 27 heavy (non-hydrogen) atoms. The van der Waals surface area contributed by atoms with Crippen molar-refractivity contribution in [3.63, 3.8) is 0 Å². The Bertz CT molecular complexity index is 1010. The van der Waals surface area contributed by atoms with Crippen molar-refractivity contribution in [2.75, 3.05) is 6.61 Å². The van der Waals surface area contributed by atoms with E-state index in [0.717, 1.165) is 17.7 Å². The molecule has 0 saturated heterocycles. The van der Waals surface area contributed by atoms with Gasteiger partial charge in [0.1, 0.15) is 11.3 Å². The monoisotopic (exact) mass is 377 g/mol. The van der Waals surface area contributed by atoms with Crippen molar-refractivity contribution in [1.29, 1.82) is 0 Å². The van der Waals surface area contributed by atoms with Gasteiger partial charge < -0.3 is 14.5 Å². The molecule has 1 N–H and O–H groups in total. The van der Waals surface area contributed by atoms with Crippen LogP contribution in [-0.4, -0.2) is 12.5 Å². The third-order valence-corrected chi connectivity index (χ3v) is 3.72. The second-order valence-electron chi connectivity index (χ2n) is 5.69. The van der Waals surface area contributed by atoms with Crippen LogP contribution in [0.5, 0.6) is 5.75 Å². The minimum atomic E-state index is -4.69. The van der Waals surface area contributed by atoms with Crippen molar-refractivity contribution in [2.24, 2.45) is 0 Å². The summed E-state index contributed by atoms with van der Waals surface area (Å²) in [5, 5.41) is 2.40. The number of nitrogens with one attached hydrogen (secondary N) is 1. The van der Waals surface area contributed by atoms with Gasteiger partial charge in [0.2, 0.25) is 0 Å². The summed E-state index contributed by atoms with van der Waals surface area (Å²) in [5.41, 5.74) is -1.55. The fourth-order valence-corrected chi connectivity index (χ4v) is 2.46. The Balaban J connectivity index is 1.69. The molecule has 0 aliphatic rings. The average molecular weight is 377 g/mol. The molecule has 0 aliphatic carbocycles. The van der Waals surface area contributed by atoms with Crippen molar-refractivity contribution in [3.05, 3.63) is 76.1 Å². The number of alkyl halides is 3. The lowest BCUT2D eigenvalue weighted by molar-refractivity contribution is -0.136. The minimum absolute atomic E-state index is 0.111. The Morgan fingerprint density at radius 2 is 1.81 bits per heavy atom. The molecule has 1 aromatic heterocycles. The molecular formula is C19H14F3NO4. The van der Waals surface area contributed by atoms with Gasteiger partial charge in [0, 0.05) is 24.1 Å². The molecule has 1 heterocycles. The van der Waals surface area contributed by atoms with Crippen molar-refractivity contribution in [2.45, 2.75) is 12.7 Å². The van der Waals surface area contributed by atoms with E-state index in [2.05, 4.69) is 5.32 Å². The molecule has 0 radical (unpaired) electrons. The average Bonchev–Trinajstić information content (AvgIpc) is 2.63. The van der Waals surface area contributed by atoms with Gasteiger partial charge >= 0.3 is 11.8 Å². The summed E-state index contributed by atoms with van der Waals surface area (Å²) < 4.78 is 49.1. The van der Waals surface area contributed by atoms with Crippen LogP contribution in [0.3, 0.4) is 0 Å². The number of halogens is 3. The van der Waals surface area contributed by atoms with E-state index >= 15 is 0 Å². The Labute approximate surface area is 151 Å². The quantitative estimate of drug-likeness (QED) is 0.691. The topological polar surface area (TPSA) is 68.5 Å². The van der Waals surface area contributed by atoms with Crippen LogP contribution >= 0.6 is 0 Å². The largest absolute Gasteiger partial charge is 0.484 e. The third kappa shape index (κ3) is 4.66. The number of carbonyl (C=O) groups excluding carboxylic acids is 1. The molecule has 140 valence electrons. The number of hydrogen-bond donors (Lipinski definition) is 1. The van der Waals surface area contributed by atoms with Gasteiger partial charge in [-0.15, -0.1) is 0 Å². The zero-order chi connectivity index (χ0) is 19.4. The first kappa shape index (κ1) is 18.5. The number of amides is 1. The summed E-state index contributed by atoms with van der Waals surface area (Å²) in [5.74, 6) is -0.288. The lowest BCUT2D eigenvalue weighted by Gasteiger charge is -2.11. The predicted octanol–water partition coefficient (Wildman–Crippen LogP) is 3.51. The Morgan fingerprint density at radius 1 is 1.07 bits per heavy atom. The van der Waals surface area contributed by atoms with Crippen LogP contribution in [0.2, 0.25) is 0 Å². The maximum atomic E-state index is 13.0. The molecule has 8 heteroatoms. The van der Waals surface area contributed by atoms with E-state index in [1.54, 1.807) is 0 Å². The number of hydrogen-bond acceptors (Lipinski definition) is 4. The highest BCUT2D eigenvalue weighted by Crippen LogP contribution is 2.34. The van der Waals surface area contributed by atoms with Gasteiger partial charge in [0.25, 0.3) is 5.91 Å². The van der Waals surface area contributed by atoms with Gasteiger partial charge in [-0.3, -0.25) is 4.79 Å². The molecule has 5 nitrogen and oxygen atoms in total. The van der Waals surface area contributed by atoms with Crippen LogP contribution in [0.4, 0.5) is 13.2 Å². The number of carbonyl (C=O) groups is 1. The summed E-state index contributed by atoms with van der Waals surface area (Å²) in [6, 6.07) is 13.2. The zero-order valence-corrected chi connectivity index (χ0v) is 13.9. The van der Waals surface area contributed by atoms with Gasteiger partial charge in [-0.1, -0.05) is 30.3 Å². The van der Waals surface area contributed by atoms with E-state index in [1.165, 1.54) is 6.07 Å². The fourth-order valence-electron chi connectivity index (χ4n) is 2.46. The minimum Gasteiger partial charge on any atom is -0.484 e. The van der Waals surface area contributed by atoms with E-state index in [-0.39, 0.29) is 23.3 Å². The van der Waals surface area contributed by atoms with Gasteiger partial charge in [0.15, 0.2) is 6.61 Å². The molecule has 0 atom stereocenters. The molecule has 3 rings (SSSR count). The first-order valence-electron chi connectivity index (χ1n) is 7.91. The van der Waals surface area contributed by atoms with Crippen molar-refractivity contribution in [1.82, 2.24) is 5.32 Å². The Kier molecular flexibility index (Phi) is 5.16. The van der Waals surface area contributed by atoms with Gasteiger partial charge in [-0.2, -0.15) is 13.2 Å². The summed E-state index contributed by atoms with van der Waals surface area (Å²) in [6.45, 7) is -0.00783.